The lowest BCUT2D eigenvalue weighted by Gasteiger charge is -2.30. The molecule has 0 aromatic heterocycles. The standard InChI is InChI=1S/C101H187N25O18/c1-60(2)50-70(108)87(130)112-72(33-20-26-44-103)89(132)114-74(35-22-28-46-105)91(134)118-80(54-64(9)10)97(140)122-79(53-63(7)8)96(139)117-76(37-24-30-48-107)93(136)120-81(55-65(11)12)98(141)121-78(52-62(5)6)95(138)116-73(34-21-27-45-104)90(133)115-75(36-23-29-47-106)92(135)119-82(56-66(13)14)99(142)123-83(57-67(15)16)100(143)125-84(58-68-39-41-69(127)42-40-68)101(144)124-77(51-61(3)4)94(137)113-71(32-19-25-43-102)88(131)111-59-86(129)110-49-31-17-18-38-85(128)126-109/h39-42,60-67,70-84,127H,17-38,43-59,102-109H2,1-16H3,(H,110,129)(H,111,131)(H,112,130)(H,113,137)(H,114,132)(H,115,133)(H,116,138)(H,117,139)(H,118,134)(H,119,135)(H,120,136)(H,121,141)(H,122,140)(H,123,142)(H,124,144)(H,125,143)(H,126,128)/t70-,71-,72-,73-,74-,75-,76-,77-,78-,79-,80-,81-,82-,83-,84-/m0/s1. The highest BCUT2D eigenvalue weighted by molar-refractivity contribution is 6.01. The van der Waals surface area contributed by atoms with Crippen molar-refractivity contribution in [1.82, 2.24) is 90.5 Å². The van der Waals surface area contributed by atoms with Gasteiger partial charge in [-0.15, -0.1) is 0 Å². The molecule has 0 bridgehead atoms. The van der Waals surface area contributed by atoms with Crippen LogP contribution in [0.5, 0.6) is 5.75 Å². The fourth-order valence-corrected chi connectivity index (χ4v) is 16.2. The Morgan fingerprint density at radius 1 is 0.243 bits per heavy atom. The molecule has 0 spiro atoms. The Hall–Kier alpha value is -10.3. The van der Waals surface area contributed by atoms with Crippen LogP contribution in [0, 0.1) is 47.3 Å². The highest BCUT2D eigenvalue weighted by Gasteiger charge is 2.40. The highest BCUT2D eigenvalue weighted by atomic mass is 16.3. The summed E-state index contributed by atoms with van der Waals surface area (Å²) in [6.07, 6.45) is 7.88. The number of hydrazine groups is 1. The molecule has 34 N–H and O–H groups in total. The maximum Gasteiger partial charge on any atom is 0.243 e. The number of phenolic OH excluding ortho intramolecular Hbond substituents is 1. The normalized spacial score (nSPS) is 14.7. The molecule has 824 valence electrons. The van der Waals surface area contributed by atoms with Crippen LogP contribution in [0.25, 0.3) is 0 Å². The first-order valence-corrected chi connectivity index (χ1v) is 52.6. The van der Waals surface area contributed by atoms with Crippen molar-refractivity contribution in [2.45, 2.75) is 400 Å². The van der Waals surface area contributed by atoms with Gasteiger partial charge in [-0.1, -0.05) is 129 Å². The number of hydrogen-bond donors (Lipinski definition) is 26. The lowest BCUT2D eigenvalue weighted by Crippen LogP contribution is -2.61. The van der Waals surface area contributed by atoms with Gasteiger partial charge in [0, 0.05) is 19.4 Å². The van der Waals surface area contributed by atoms with E-state index in [9.17, 15) is 62.6 Å². The molecule has 1 aromatic carbocycles. The van der Waals surface area contributed by atoms with E-state index in [0.717, 1.165) is 0 Å². The topological polar surface area (TPSA) is 723 Å². The number of phenols is 1. The van der Waals surface area contributed by atoms with Crippen LogP contribution < -0.4 is 136 Å². The maximum absolute atomic E-state index is 15.0. The number of benzene rings is 1. The third kappa shape index (κ3) is 57.6. The molecule has 0 aliphatic heterocycles. The van der Waals surface area contributed by atoms with Crippen LogP contribution in [-0.4, -0.2) is 249 Å². The summed E-state index contributed by atoms with van der Waals surface area (Å²) in [6, 6.07) is -13.2. The molecule has 15 atom stereocenters. The van der Waals surface area contributed by atoms with Crippen LogP contribution in [0.3, 0.4) is 0 Å². The Morgan fingerprint density at radius 2 is 0.458 bits per heavy atom. The van der Waals surface area contributed by atoms with E-state index in [1.54, 1.807) is 27.7 Å². The molecule has 0 unspecified atom stereocenters. The number of unbranched alkanes of at least 4 members (excludes halogenated alkanes) is 8. The number of nitrogens with one attached hydrogen (secondary N) is 17. The summed E-state index contributed by atoms with van der Waals surface area (Å²) in [5.74, 6) is -8.52. The van der Waals surface area contributed by atoms with Gasteiger partial charge in [-0.2, -0.15) is 0 Å². The highest BCUT2D eigenvalue weighted by Crippen LogP contribution is 2.21. The number of aromatic hydroxyl groups is 1. The number of hydrogen-bond acceptors (Lipinski definition) is 26. The first-order valence-electron chi connectivity index (χ1n) is 52.6. The Kier molecular flexibility index (Phi) is 68.2. The van der Waals surface area contributed by atoms with Crippen LogP contribution in [0.4, 0.5) is 0 Å². The molecule has 0 aliphatic carbocycles. The smallest absolute Gasteiger partial charge is 0.243 e. The van der Waals surface area contributed by atoms with E-state index in [4.69, 9.17) is 46.0 Å². The van der Waals surface area contributed by atoms with Crippen LogP contribution >= 0.6 is 0 Å². The molecule has 0 radical (unpaired) electrons. The Morgan fingerprint density at radius 3 is 0.694 bits per heavy atom. The third-order valence-corrected chi connectivity index (χ3v) is 23.9. The number of amides is 17. The Labute approximate surface area is 855 Å². The summed E-state index contributed by atoms with van der Waals surface area (Å²) in [4.78, 5) is 244. The SMILES string of the molecule is CC(C)C[C@H](NC(=O)[C@H](Cc1ccc(O)cc1)NC(=O)[C@H](CC(C)C)NC(=O)[C@H](CC(C)C)NC(=O)[C@H](CCCCN)NC(=O)[C@H](CCCCN)NC(=O)[C@H](CC(C)C)NC(=O)[C@H](CC(C)C)NC(=O)[C@H](CCCCN)NC(=O)[C@H](CC(C)C)NC(=O)[C@H](CC(C)C)NC(=O)[C@H](CCCCN)NC(=O)[C@H](CCCCN)NC(=O)[C@@H](N)CC(C)C)C(=O)N[C@@H](CCCCN)C(=O)NCC(=O)NCCCCCC(=O)NN. The molecular weight excluding hydrogens is 1850 g/mol. The molecular formula is C101H187N25O18. The van der Waals surface area contributed by atoms with Gasteiger partial charge < -0.3 is 130 Å². The van der Waals surface area contributed by atoms with Gasteiger partial charge in [-0.3, -0.25) is 86.9 Å². The van der Waals surface area contributed by atoms with E-state index in [-0.39, 0.29) is 188 Å². The minimum absolute atomic E-state index is 0.00385. The van der Waals surface area contributed by atoms with Gasteiger partial charge >= 0.3 is 0 Å². The van der Waals surface area contributed by atoms with Crippen molar-refractivity contribution in [2.75, 3.05) is 52.4 Å². The van der Waals surface area contributed by atoms with Crippen molar-refractivity contribution >= 4 is 100 Å². The van der Waals surface area contributed by atoms with Gasteiger partial charge in [-0.05, 0) is 284 Å². The van der Waals surface area contributed by atoms with E-state index in [2.05, 4.69) is 90.5 Å². The lowest BCUT2D eigenvalue weighted by molar-refractivity contribution is -0.137. The summed E-state index contributed by atoms with van der Waals surface area (Å²) in [5.41, 5.74) is 44.2. The average Bonchev–Trinajstić information content (AvgIpc) is 0.848. The summed E-state index contributed by atoms with van der Waals surface area (Å²) in [7, 11) is 0. The molecule has 0 aliphatic rings. The number of rotatable bonds is 79. The number of nitrogens with two attached hydrogens (primary N) is 8. The van der Waals surface area contributed by atoms with Crippen molar-refractivity contribution < 1.29 is 86.6 Å². The van der Waals surface area contributed by atoms with Crippen molar-refractivity contribution in [3.63, 3.8) is 0 Å². The molecule has 0 heterocycles. The van der Waals surface area contributed by atoms with Gasteiger partial charge in [0.1, 0.15) is 90.3 Å². The molecule has 1 aromatic rings. The van der Waals surface area contributed by atoms with Crippen molar-refractivity contribution in [3.05, 3.63) is 29.8 Å². The predicted molar refractivity (Wildman–Crippen MR) is 557 cm³/mol. The monoisotopic (exact) mass is 2040 g/mol. The zero-order valence-electron chi connectivity index (χ0n) is 89.2. The summed E-state index contributed by atoms with van der Waals surface area (Å²) < 4.78 is 0. The summed E-state index contributed by atoms with van der Waals surface area (Å²) in [6.45, 7) is 30.7. The van der Waals surface area contributed by atoms with Gasteiger partial charge in [-0.25, -0.2) is 5.84 Å². The zero-order chi connectivity index (χ0) is 109. The van der Waals surface area contributed by atoms with Crippen LogP contribution in [0.15, 0.2) is 24.3 Å². The molecule has 1 rings (SSSR count). The van der Waals surface area contributed by atoms with E-state index < -0.39 is 192 Å². The number of carbonyl (C=O) groups is 17. The van der Waals surface area contributed by atoms with Crippen molar-refractivity contribution in [3.8, 4) is 5.75 Å². The van der Waals surface area contributed by atoms with Gasteiger partial charge in [0.25, 0.3) is 0 Å². The lowest BCUT2D eigenvalue weighted by atomic mass is 9.98. The minimum atomic E-state index is -1.45. The molecule has 17 amide bonds. The first kappa shape index (κ1) is 132. The van der Waals surface area contributed by atoms with Crippen molar-refractivity contribution in [2.24, 2.45) is 93.3 Å². The molecule has 43 heteroatoms. The van der Waals surface area contributed by atoms with E-state index in [1.165, 1.54) is 24.3 Å². The second-order valence-corrected chi connectivity index (χ2v) is 41.5. The van der Waals surface area contributed by atoms with Gasteiger partial charge in [0.05, 0.1) is 12.6 Å². The fraction of sp³-hybridized carbons (Fsp3) is 0.772. The summed E-state index contributed by atoms with van der Waals surface area (Å²) in [5, 5.41) is 55.1. The first-order chi connectivity index (χ1) is 68.1. The zero-order valence-corrected chi connectivity index (χ0v) is 89.2. The molecule has 0 fully saturated rings. The van der Waals surface area contributed by atoms with Crippen LogP contribution in [0.2, 0.25) is 0 Å². The Bertz CT molecular complexity index is 4010. The average molecular weight is 2040 g/mol. The van der Waals surface area contributed by atoms with Crippen LogP contribution in [-0.2, 0) is 87.9 Å². The van der Waals surface area contributed by atoms with Gasteiger partial charge in [0.2, 0.25) is 100 Å². The van der Waals surface area contributed by atoms with Crippen molar-refractivity contribution in [1.29, 1.82) is 0 Å². The van der Waals surface area contributed by atoms with Gasteiger partial charge in [0.15, 0.2) is 0 Å². The number of carbonyl (C=O) groups excluding carboxylic acids is 17. The second kappa shape index (κ2) is 74.6. The third-order valence-electron chi connectivity index (χ3n) is 23.9. The largest absolute Gasteiger partial charge is 0.508 e. The maximum atomic E-state index is 15.0. The van der Waals surface area contributed by atoms with E-state index in [0.29, 0.717) is 121 Å². The second-order valence-electron chi connectivity index (χ2n) is 41.5. The quantitative estimate of drug-likeness (QED) is 0.0187. The minimum Gasteiger partial charge on any atom is -0.508 e. The summed E-state index contributed by atoms with van der Waals surface area (Å²) >= 11 is 0. The fourth-order valence-electron chi connectivity index (χ4n) is 16.2. The molecule has 144 heavy (non-hydrogen) atoms. The molecule has 0 saturated carbocycles. The predicted octanol–water partition coefficient (Wildman–Crippen LogP) is 0.975. The molecule has 0 saturated heterocycles. The van der Waals surface area contributed by atoms with E-state index >= 15 is 24.0 Å². The Balaban J connectivity index is 3.84. The van der Waals surface area contributed by atoms with Crippen LogP contribution in [0.1, 0.15) is 309 Å². The molecule has 43 nitrogen and oxygen atoms in total. The van der Waals surface area contributed by atoms with E-state index in [1.807, 2.05) is 83.1 Å².